The lowest BCUT2D eigenvalue weighted by molar-refractivity contribution is -0.126. The highest BCUT2D eigenvalue weighted by atomic mass is 35.5. The molecule has 1 aromatic heterocycles. The highest BCUT2D eigenvalue weighted by Crippen LogP contribution is 2.26. The maximum absolute atomic E-state index is 12.9. The number of halogens is 1. The van der Waals surface area contributed by atoms with Crippen LogP contribution in [-0.4, -0.2) is 41.1 Å². The van der Waals surface area contributed by atoms with E-state index in [1.54, 1.807) is 51.1 Å². The molecule has 12 heteroatoms. The first-order chi connectivity index (χ1) is 17.0. The molecule has 2 aromatic carbocycles. The summed E-state index contributed by atoms with van der Waals surface area (Å²) in [6, 6.07) is 13.4. The van der Waals surface area contributed by atoms with Gasteiger partial charge in [0.1, 0.15) is 0 Å². The van der Waals surface area contributed by atoms with Crippen LogP contribution in [0, 0.1) is 13.8 Å². The first-order valence-electron chi connectivity index (χ1n) is 10.7. The molecule has 3 aromatic rings. The minimum absolute atomic E-state index is 0.00401. The van der Waals surface area contributed by atoms with Crippen molar-refractivity contribution in [2.75, 3.05) is 4.72 Å². The molecule has 1 aliphatic rings. The number of sulfonamides is 1. The van der Waals surface area contributed by atoms with Gasteiger partial charge in [-0.05, 0) is 68.8 Å². The van der Waals surface area contributed by atoms with Crippen molar-refractivity contribution in [3.8, 4) is 0 Å². The number of benzene rings is 2. The molecule has 0 aliphatic carbocycles. The van der Waals surface area contributed by atoms with Gasteiger partial charge in [0.25, 0.3) is 15.9 Å². The van der Waals surface area contributed by atoms with Crippen molar-refractivity contribution in [1.82, 2.24) is 15.0 Å². The van der Waals surface area contributed by atoms with Crippen LogP contribution >= 0.6 is 11.6 Å². The Morgan fingerprint density at radius 3 is 2.25 bits per heavy atom. The van der Waals surface area contributed by atoms with Crippen molar-refractivity contribution in [1.29, 1.82) is 0 Å². The first-order valence-corrected chi connectivity index (χ1v) is 12.6. The lowest BCUT2D eigenvalue weighted by atomic mass is 10.1. The summed E-state index contributed by atoms with van der Waals surface area (Å²) in [5, 5.41) is 14.3. The molecule has 0 saturated heterocycles. The molecule has 1 aliphatic heterocycles. The monoisotopic (exact) mass is 523 g/mol. The van der Waals surface area contributed by atoms with E-state index in [1.807, 2.05) is 0 Å². The average Bonchev–Trinajstić information content (AvgIpc) is 3.10. The summed E-state index contributed by atoms with van der Waals surface area (Å²) >= 11 is 5.93. The molecule has 1 N–H and O–H groups in total. The van der Waals surface area contributed by atoms with Gasteiger partial charge < -0.3 is 0 Å². The van der Waals surface area contributed by atoms with E-state index in [-0.39, 0.29) is 10.8 Å². The van der Waals surface area contributed by atoms with Crippen molar-refractivity contribution < 1.29 is 13.2 Å². The highest BCUT2D eigenvalue weighted by Gasteiger charge is 2.35. The maximum Gasteiger partial charge on any atom is 0.280 e. The molecule has 0 radical (unpaired) electrons. The van der Waals surface area contributed by atoms with Crippen LogP contribution in [0.4, 0.5) is 11.6 Å². The Hall–Kier alpha value is -3.96. The third kappa shape index (κ3) is 5.47. The summed E-state index contributed by atoms with van der Waals surface area (Å²) in [5.41, 5.74) is 3.20. The Kier molecular flexibility index (Phi) is 6.95. The predicted octanol–water partition coefficient (Wildman–Crippen LogP) is 4.89. The number of hydrazone groups is 1. The van der Waals surface area contributed by atoms with Gasteiger partial charge in [-0.15, -0.1) is 0 Å². The lowest BCUT2D eigenvalue weighted by Gasteiger charge is -2.15. The Morgan fingerprint density at radius 1 is 1.03 bits per heavy atom. The molecular weight excluding hydrogens is 502 g/mol. The fraction of sp³-hybridized carbons (Fsp3) is 0.167. The van der Waals surface area contributed by atoms with Gasteiger partial charge in [0.15, 0.2) is 6.04 Å². The number of aromatic nitrogens is 2. The Bertz CT molecular complexity index is 1480. The van der Waals surface area contributed by atoms with Crippen LogP contribution in [-0.2, 0) is 14.8 Å². The fourth-order valence-electron chi connectivity index (χ4n) is 3.41. The summed E-state index contributed by atoms with van der Waals surface area (Å²) in [7, 11) is -3.90. The second kappa shape index (κ2) is 9.96. The van der Waals surface area contributed by atoms with Crippen molar-refractivity contribution >= 4 is 50.6 Å². The zero-order chi connectivity index (χ0) is 26.0. The standard InChI is InChI=1S/C24H22ClN7O3S/c1-14-13-15(2)27-24(26-14)31-36(34,35)21-11-9-20(10-12-21)28-29-22-16(3)30-32(23(22)33)17(4)18-5-7-19(25)8-6-18/h5-13,22H,4H2,1-3H3,(H,26,27,31)/b29-28+. The number of nitrogens with one attached hydrogen (secondary N) is 1. The number of amides is 1. The van der Waals surface area contributed by atoms with Crippen LogP contribution in [0.2, 0.25) is 5.02 Å². The van der Waals surface area contributed by atoms with Gasteiger partial charge in [0, 0.05) is 16.4 Å². The van der Waals surface area contributed by atoms with Gasteiger partial charge in [-0.2, -0.15) is 20.3 Å². The van der Waals surface area contributed by atoms with E-state index >= 15 is 0 Å². The van der Waals surface area contributed by atoms with Crippen LogP contribution in [0.3, 0.4) is 0 Å². The molecule has 1 amide bonds. The Morgan fingerprint density at radius 2 is 1.64 bits per heavy atom. The minimum Gasteiger partial charge on any atom is -0.269 e. The quantitative estimate of drug-likeness (QED) is 0.441. The molecule has 0 bridgehead atoms. The maximum atomic E-state index is 12.9. The number of carbonyl (C=O) groups is 1. The van der Waals surface area contributed by atoms with E-state index < -0.39 is 22.0 Å². The van der Waals surface area contributed by atoms with Gasteiger partial charge in [0.2, 0.25) is 5.95 Å². The largest absolute Gasteiger partial charge is 0.280 e. The third-order valence-electron chi connectivity index (χ3n) is 5.17. The van der Waals surface area contributed by atoms with Crippen LogP contribution < -0.4 is 4.72 Å². The molecule has 0 fully saturated rings. The minimum atomic E-state index is -3.90. The van der Waals surface area contributed by atoms with E-state index in [2.05, 4.69) is 36.6 Å². The van der Waals surface area contributed by atoms with E-state index in [1.165, 1.54) is 29.3 Å². The third-order valence-corrected chi connectivity index (χ3v) is 6.77. The molecule has 1 unspecified atom stereocenters. The predicted molar refractivity (Wildman–Crippen MR) is 138 cm³/mol. The van der Waals surface area contributed by atoms with Gasteiger partial charge in [-0.25, -0.2) is 23.1 Å². The number of hydrogen-bond acceptors (Lipinski definition) is 8. The second-order valence-corrected chi connectivity index (χ2v) is 10.2. The molecule has 10 nitrogen and oxygen atoms in total. The number of rotatable bonds is 7. The SMILES string of the molecule is C=C(c1ccc(Cl)cc1)N1N=C(C)C(/N=N/c2ccc(S(=O)(=O)Nc3nc(C)cc(C)n3)cc2)C1=O. The van der Waals surface area contributed by atoms with E-state index in [0.717, 1.165) is 0 Å². The summed E-state index contributed by atoms with van der Waals surface area (Å²) in [6.07, 6.45) is 0. The summed E-state index contributed by atoms with van der Waals surface area (Å²) in [6.45, 7) is 9.13. The lowest BCUT2D eigenvalue weighted by Crippen LogP contribution is -2.28. The molecule has 0 spiro atoms. The van der Waals surface area contributed by atoms with E-state index in [9.17, 15) is 13.2 Å². The normalized spacial score (nSPS) is 15.9. The van der Waals surface area contributed by atoms with Crippen molar-refractivity contribution in [2.45, 2.75) is 31.7 Å². The number of nitrogens with zero attached hydrogens (tertiary/aromatic N) is 6. The molecular formula is C24H22ClN7O3S. The van der Waals surface area contributed by atoms with Gasteiger partial charge >= 0.3 is 0 Å². The molecule has 36 heavy (non-hydrogen) atoms. The molecule has 184 valence electrons. The number of anilines is 1. The fourth-order valence-corrected chi connectivity index (χ4v) is 4.48. The zero-order valence-corrected chi connectivity index (χ0v) is 21.2. The van der Waals surface area contributed by atoms with Gasteiger partial charge in [-0.3, -0.25) is 4.79 Å². The van der Waals surface area contributed by atoms with Crippen molar-refractivity contribution in [3.05, 3.63) is 83.2 Å². The summed E-state index contributed by atoms with van der Waals surface area (Å²) in [5.74, 6) is -0.399. The molecule has 0 saturated carbocycles. The van der Waals surface area contributed by atoms with Crippen molar-refractivity contribution in [3.63, 3.8) is 0 Å². The van der Waals surface area contributed by atoms with Crippen molar-refractivity contribution in [2.24, 2.45) is 15.3 Å². The molecule has 2 heterocycles. The average molecular weight is 524 g/mol. The summed E-state index contributed by atoms with van der Waals surface area (Å²) in [4.78, 5) is 21.1. The Labute approximate surface area is 213 Å². The summed E-state index contributed by atoms with van der Waals surface area (Å²) < 4.78 is 27.8. The number of hydrogen-bond donors (Lipinski definition) is 1. The number of azo groups is 1. The Balaban J connectivity index is 1.46. The molecule has 1 atom stereocenters. The van der Waals surface area contributed by atoms with Crippen LogP contribution in [0.25, 0.3) is 5.70 Å². The second-order valence-electron chi connectivity index (χ2n) is 8.04. The van der Waals surface area contributed by atoms with Crippen LogP contribution in [0.1, 0.15) is 23.9 Å². The smallest absolute Gasteiger partial charge is 0.269 e. The van der Waals surface area contributed by atoms with Crippen LogP contribution in [0.15, 0.2) is 81.4 Å². The number of carbonyl (C=O) groups excluding carboxylic acids is 1. The van der Waals surface area contributed by atoms with Gasteiger partial charge in [-0.1, -0.05) is 30.3 Å². The molecule has 4 rings (SSSR count). The zero-order valence-electron chi connectivity index (χ0n) is 19.7. The van der Waals surface area contributed by atoms with Gasteiger partial charge in [0.05, 0.1) is 22.0 Å². The highest BCUT2D eigenvalue weighted by molar-refractivity contribution is 7.92. The first kappa shape index (κ1) is 25.1. The topological polar surface area (TPSA) is 129 Å². The van der Waals surface area contributed by atoms with E-state index in [0.29, 0.717) is 39.1 Å². The number of aryl methyl sites for hydroxylation is 2. The van der Waals surface area contributed by atoms with Crippen LogP contribution in [0.5, 0.6) is 0 Å². The van der Waals surface area contributed by atoms with E-state index in [4.69, 9.17) is 11.6 Å².